The van der Waals surface area contributed by atoms with Crippen LogP contribution in [-0.4, -0.2) is 25.1 Å². The number of rotatable bonds is 7. The molecule has 0 spiro atoms. The molecule has 0 saturated heterocycles. The molecule has 4 heteroatoms. The number of ether oxygens (including phenoxy) is 1. The monoisotopic (exact) mass is 366 g/mol. The van der Waals surface area contributed by atoms with Gasteiger partial charge in [0.05, 0.1) is 0 Å². The Bertz CT molecular complexity index is 768. The smallest absolute Gasteiger partial charge is 0.248 e. The standard InChI is InChI=1S/C23H30N2O2/c1-23(2)12-4-7-20(16-23)25-13-14-27-21-10-8-17(9-11-21)18-5-3-6-19(15-18)22(24)26/h3,5-6,8-11,15,20,25H,4,7,12-14,16H2,1-2H3,(H2,24,26). The highest BCUT2D eigenvalue weighted by molar-refractivity contribution is 5.94. The Balaban J connectivity index is 1.48. The van der Waals surface area contributed by atoms with Gasteiger partial charge in [-0.15, -0.1) is 0 Å². The second-order valence-corrected chi connectivity index (χ2v) is 8.23. The average Bonchev–Trinajstić information content (AvgIpc) is 2.65. The number of carbonyl (C=O) groups excluding carboxylic acids is 1. The van der Waals surface area contributed by atoms with Gasteiger partial charge in [0.2, 0.25) is 5.91 Å². The number of nitrogens with one attached hydrogen (secondary N) is 1. The zero-order valence-corrected chi connectivity index (χ0v) is 16.3. The summed E-state index contributed by atoms with van der Waals surface area (Å²) < 4.78 is 5.87. The first kappa shape index (κ1) is 19.4. The maximum absolute atomic E-state index is 11.3. The highest BCUT2D eigenvalue weighted by atomic mass is 16.5. The Labute approximate surface area is 162 Å². The van der Waals surface area contributed by atoms with Crippen LogP contribution in [0.3, 0.4) is 0 Å². The lowest BCUT2D eigenvalue weighted by molar-refractivity contribution is 0.100. The average molecular weight is 367 g/mol. The van der Waals surface area contributed by atoms with Gasteiger partial charge in [0.15, 0.2) is 0 Å². The van der Waals surface area contributed by atoms with Gasteiger partial charge in [0.25, 0.3) is 0 Å². The van der Waals surface area contributed by atoms with Gasteiger partial charge in [0.1, 0.15) is 12.4 Å². The third kappa shape index (κ3) is 5.57. The number of amides is 1. The van der Waals surface area contributed by atoms with Crippen molar-refractivity contribution in [2.45, 2.75) is 45.6 Å². The second-order valence-electron chi connectivity index (χ2n) is 8.23. The Morgan fingerprint density at radius 3 is 2.67 bits per heavy atom. The van der Waals surface area contributed by atoms with Crippen LogP contribution in [0.15, 0.2) is 48.5 Å². The van der Waals surface area contributed by atoms with E-state index in [9.17, 15) is 4.79 Å². The zero-order valence-electron chi connectivity index (χ0n) is 16.3. The molecule has 0 bridgehead atoms. The minimum absolute atomic E-state index is 0.411. The molecule has 3 rings (SSSR count). The zero-order chi connectivity index (χ0) is 19.3. The maximum Gasteiger partial charge on any atom is 0.248 e. The van der Waals surface area contributed by atoms with E-state index in [1.807, 2.05) is 42.5 Å². The largest absolute Gasteiger partial charge is 0.492 e. The predicted molar refractivity (Wildman–Crippen MR) is 110 cm³/mol. The molecule has 1 amide bonds. The molecule has 3 N–H and O–H groups in total. The summed E-state index contributed by atoms with van der Waals surface area (Å²) >= 11 is 0. The van der Waals surface area contributed by atoms with Crippen molar-refractivity contribution in [2.24, 2.45) is 11.1 Å². The fraction of sp³-hybridized carbons (Fsp3) is 0.435. The summed E-state index contributed by atoms with van der Waals surface area (Å²) in [5.74, 6) is 0.446. The number of hydrogen-bond donors (Lipinski definition) is 2. The van der Waals surface area contributed by atoms with Crippen molar-refractivity contribution in [3.8, 4) is 16.9 Å². The van der Waals surface area contributed by atoms with Crippen molar-refractivity contribution in [2.75, 3.05) is 13.2 Å². The second kappa shape index (κ2) is 8.57. The first-order valence-corrected chi connectivity index (χ1v) is 9.79. The molecule has 2 aromatic carbocycles. The van der Waals surface area contributed by atoms with Crippen LogP contribution in [0, 0.1) is 5.41 Å². The van der Waals surface area contributed by atoms with Gasteiger partial charge in [0, 0.05) is 18.2 Å². The van der Waals surface area contributed by atoms with Gasteiger partial charge < -0.3 is 15.8 Å². The van der Waals surface area contributed by atoms with Crippen molar-refractivity contribution in [3.05, 3.63) is 54.1 Å². The Hall–Kier alpha value is -2.33. The molecular formula is C23H30N2O2. The molecule has 4 nitrogen and oxygen atoms in total. The first-order valence-electron chi connectivity index (χ1n) is 9.79. The van der Waals surface area contributed by atoms with Gasteiger partial charge in [-0.05, 0) is 60.1 Å². The van der Waals surface area contributed by atoms with E-state index in [2.05, 4.69) is 19.2 Å². The van der Waals surface area contributed by atoms with Crippen LogP contribution in [-0.2, 0) is 0 Å². The van der Waals surface area contributed by atoms with Crippen molar-refractivity contribution in [1.82, 2.24) is 5.32 Å². The van der Waals surface area contributed by atoms with Gasteiger partial charge in [-0.1, -0.05) is 44.5 Å². The van der Waals surface area contributed by atoms with Crippen LogP contribution in [0.4, 0.5) is 0 Å². The molecular weight excluding hydrogens is 336 g/mol. The van der Waals surface area contributed by atoms with Crippen LogP contribution < -0.4 is 15.8 Å². The van der Waals surface area contributed by atoms with Crippen molar-refractivity contribution in [3.63, 3.8) is 0 Å². The number of carbonyl (C=O) groups is 1. The van der Waals surface area contributed by atoms with E-state index in [0.29, 0.717) is 23.6 Å². The molecule has 1 unspecified atom stereocenters. The summed E-state index contributed by atoms with van der Waals surface area (Å²) in [4.78, 5) is 11.3. The maximum atomic E-state index is 11.3. The molecule has 1 fully saturated rings. The van der Waals surface area contributed by atoms with Crippen LogP contribution in [0.1, 0.15) is 49.9 Å². The van der Waals surface area contributed by atoms with E-state index < -0.39 is 5.91 Å². The lowest BCUT2D eigenvalue weighted by atomic mass is 9.75. The van der Waals surface area contributed by atoms with E-state index in [1.165, 1.54) is 25.7 Å². The Kier molecular flexibility index (Phi) is 6.17. The topological polar surface area (TPSA) is 64.3 Å². The minimum Gasteiger partial charge on any atom is -0.492 e. The minimum atomic E-state index is -0.411. The summed E-state index contributed by atoms with van der Waals surface area (Å²) in [7, 11) is 0. The summed E-state index contributed by atoms with van der Waals surface area (Å²) in [6, 6.07) is 15.9. The van der Waals surface area contributed by atoms with E-state index >= 15 is 0 Å². The summed E-state index contributed by atoms with van der Waals surface area (Å²) in [6.45, 7) is 6.24. The summed E-state index contributed by atoms with van der Waals surface area (Å²) in [6.07, 6.45) is 5.15. The molecule has 144 valence electrons. The number of nitrogens with two attached hydrogens (primary N) is 1. The highest BCUT2D eigenvalue weighted by Crippen LogP contribution is 2.35. The summed E-state index contributed by atoms with van der Waals surface area (Å²) in [5.41, 5.74) is 8.34. The van der Waals surface area contributed by atoms with Gasteiger partial charge in [-0.3, -0.25) is 4.79 Å². The van der Waals surface area contributed by atoms with E-state index in [0.717, 1.165) is 23.4 Å². The molecule has 1 aliphatic carbocycles. The lowest BCUT2D eigenvalue weighted by Crippen LogP contribution is -2.39. The predicted octanol–water partition coefficient (Wildman–Crippen LogP) is 4.39. The van der Waals surface area contributed by atoms with Crippen molar-refractivity contribution in [1.29, 1.82) is 0 Å². The fourth-order valence-corrected chi connectivity index (χ4v) is 3.90. The quantitative estimate of drug-likeness (QED) is 0.714. The molecule has 0 aliphatic heterocycles. The van der Waals surface area contributed by atoms with Crippen LogP contribution in [0.2, 0.25) is 0 Å². The number of primary amides is 1. The number of benzene rings is 2. The normalized spacial score (nSPS) is 18.8. The molecule has 1 aliphatic rings. The van der Waals surface area contributed by atoms with Gasteiger partial charge >= 0.3 is 0 Å². The SMILES string of the molecule is CC1(C)CCCC(NCCOc2ccc(-c3cccc(C(N)=O)c3)cc2)C1. The fourth-order valence-electron chi connectivity index (χ4n) is 3.90. The van der Waals surface area contributed by atoms with E-state index in [1.54, 1.807) is 6.07 Å². The van der Waals surface area contributed by atoms with Crippen LogP contribution >= 0.6 is 0 Å². The summed E-state index contributed by atoms with van der Waals surface area (Å²) in [5, 5.41) is 3.63. The lowest BCUT2D eigenvalue weighted by Gasteiger charge is -2.35. The Morgan fingerprint density at radius 1 is 1.19 bits per heavy atom. The van der Waals surface area contributed by atoms with Crippen LogP contribution in [0.5, 0.6) is 5.75 Å². The van der Waals surface area contributed by atoms with Crippen LogP contribution in [0.25, 0.3) is 11.1 Å². The molecule has 2 aromatic rings. The van der Waals surface area contributed by atoms with Gasteiger partial charge in [-0.2, -0.15) is 0 Å². The van der Waals surface area contributed by atoms with E-state index in [4.69, 9.17) is 10.5 Å². The third-order valence-electron chi connectivity index (χ3n) is 5.34. The molecule has 0 heterocycles. The molecule has 27 heavy (non-hydrogen) atoms. The third-order valence-corrected chi connectivity index (χ3v) is 5.34. The molecule has 0 aromatic heterocycles. The first-order chi connectivity index (χ1) is 12.9. The molecule has 1 atom stereocenters. The Morgan fingerprint density at radius 2 is 1.96 bits per heavy atom. The van der Waals surface area contributed by atoms with Gasteiger partial charge in [-0.25, -0.2) is 0 Å². The highest BCUT2D eigenvalue weighted by Gasteiger charge is 2.27. The van der Waals surface area contributed by atoms with Crippen molar-refractivity contribution >= 4 is 5.91 Å². The molecule has 1 saturated carbocycles. The number of hydrogen-bond acceptors (Lipinski definition) is 3. The van der Waals surface area contributed by atoms with Crippen molar-refractivity contribution < 1.29 is 9.53 Å². The van der Waals surface area contributed by atoms with E-state index in [-0.39, 0.29) is 0 Å². The molecule has 0 radical (unpaired) electrons.